The molecule has 1 saturated heterocycles. The van der Waals surface area contributed by atoms with Crippen LogP contribution in [0.2, 0.25) is 0 Å². The predicted molar refractivity (Wildman–Crippen MR) is 72.7 cm³/mol. The summed E-state index contributed by atoms with van der Waals surface area (Å²) in [6, 6.07) is 4.75. The van der Waals surface area contributed by atoms with Crippen molar-refractivity contribution in [2.45, 2.75) is 25.3 Å². The van der Waals surface area contributed by atoms with Crippen LogP contribution in [0.5, 0.6) is 0 Å². The van der Waals surface area contributed by atoms with Gasteiger partial charge in [-0.3, -0.25) is 0 Å². The number of hydrogen-bond donors (Lipinski definition) is 2. The Morgan fingerprint density at radius 1 is 1.29 bits per heavy atom. The van der Waals surface area contributed by atoms with E-state index in [4.69, 9.17) is 0 Å². The molecule has 94 valence electrons. The molecule has 1 aliphatic rings. The first-order valence-corrected chi connectivity index (χ1v) is 6.36. The smallest absolute Gasteiger partial charge is 0.128 e. The minimum Gasteiger partial charge on any atom is -0.381 e. The molecule has 1 atom stereocenters. The van der Waals surface area contributed by atoms with Gasteiger partial charge in [-0.2, -0.15) is 0 Å². The third-order valence-corrected chi connectivity index (χ3v) is 3.15. The Hall–Kier alpha value is -1.29. The topological polar surface area (TPSA) is 40.2 Å². The van der Waals surface area contributed by atoms with Crippen molar-refractivity contribution in [2.75, 3.05) is 37.4 Å². The van der Waals surface area contributed by atoms with Crippen molar-refractivity contribution in [2.24, 2.45) is 0 Å². The summed E-state index contributed by atoms with van der Waals surface area (Å²) in [6.45, 7) is 2.26. The summed E-state index contributed by atoms with van der Waals surface area (Å²) in [5.41, 5.74) is 1.13. The van der Waals surface area contributed by atoms with Gasteiger partial charge < -0.3 is 15.5 Å². The molecule has 0 unspecified atom stereocenters. The van der Waals surface area contributed by atoms with E-state index in [9.17, 15) is 0 Å². The fraction of sp³-hybridized carbons (Fsp3) is 0.615. The molecule has 0 aliphatic carbocycles. The average molecular weight is 234 g/mol. The Morgan fingerprint density at radius 3 is 2.88 bits per heavy atom. The van der Waals surface area contributed by atoms with E-state index in [-0.39, 0.29) is 0 Å². The van der Waals surface area contributed by atoms with E-state index < -0.39 is 0 Å². The van der Waals surface area contributed by atoms with Crippen LogP contribution in [0.15, 0.2) is 18.3 Å². The van der Waals surface area contributed by atoms with Crippen LogP contribution in [0.25, 0.3) is 0 Å². The normalized spacial score (nSPS) is 20.7. The summed E-state index contributed by atoms with van der Waals surface area (Å²) < 4.78 is 0. The molecule has 2 heterocycles. The molecule has 1 aromatic rings. The van der Waals surface area contributed by atoms with Crippen molar-refractivity contribution in [3.63, 3.8) is 0 Å². The fourth-order valence-electron chi connectivity index (χ4n) is 2.14. The number of nitrogens with one attached hydrogen (secondary N) is 2. The van der Waals surface area contributed by atoms with E-state index in [1.165, 1.54) is 19.3 Å². The van der Waals surface area contributed by atoms with Crippen LogP contribution < -0.4 is 15.5 Å². The van der Waals surface area contributed by atoms with Crippen molar-refractivity contribution in [3.05, 3.63) is 18.3 Å². The molecular formula is C13H22N4. The summed E-state index contributed by atoms with van der Waals surface area (Å²) in [6.07, 6.45) is 5.60. The van der Waals surface area contributed by atoms with Crippen LogP contribution in [0.3, 0.4) is 0 Å². The van der Waals surface area contributed by atoms with Crippen LogP contribution in [0.1, 0.15) is 19.3 Å². The van der Waals surface area contributed by atoms with E-state index in [0.29, 0.717) is 6.04 Å². The number of rotatable bonds is 3. The number of nitrogens with zero attached hydrogens (tertiary/aromatic N) is 2. The maximum atomic E-state index is 4.41. The lowest BCUT2D eigenvalue weighted by atomic mass is 10.1. The van der Waals surface area contributed by atoms with Crippen LogP contribution in [-0.2, 0) is 0 Å². The van der Waals surface area contributed by atoms with E-state index >= 15 is 0 Å². The molecule has 1 aromatic heterocycles. The van der Waals surface area contributed by atoms with Gasteiger partial charge in [-0.05, 0) is 44.5 Å². The minimum atomic E-state index is 0.581. The minimum absolute atomic E-state index is 0.581. The summed E-state index contributed by atoms with van der Waals surface area (Å²) in [5.74, 6) is 0.998. The van der Waals surface area contributed by atoms with Crippen LogP contribution in [0, 0.1) is 0 Å². The van der Waals surface area contributed by atoms with E-state index in [1.54, 1.807) is 0 Å². The second-order valence-corrected chi connectivity index (χ2v) is 4.82. The predicted octanol–water partition coefficient (Wildman–Crippen LogP) is 1.70. The lowest BCUT2D eigenvalue weighted by Crippen LogP contribution is -2.21. The molecule has 2 rings (SSSR count). The zero-order chi connectivity index (χ0) is 12.1. The molecule has 0 bridgehead atoms. The highest BCUT2D eigenvalue weighted by Gasteiger charge is 2.11. The van der Waals surface area contributed by atoms with Crippen molar-refractivity contribution < 1.29 is 0 Å². The van der Waals surface area contributed by atoms with Crippen molar-refractivity contribution in [1.29, 1.82) is 0 Å². The van der Waals surface area contributed by atoms with Gasteiger partial charge in [0.05, 0.1) is 11.9 Å². The van der Waals surface area contributed by atoms with Crippen LogP contribution in [0.4, 0.5) is 11.5 Å². The number of pyridine rings is 1. The second kappa shape index (κ2) is 5.87. The largest absolute Gasteiger partial charge is 0.381 e. The monoisotopic (exact) mass is 234 g/mol. The summed E-state index contributed by atoms with van der Waals surface area (Å²) in [7, 11) is 4.01. The average Bonchev–Trinajstić information content (AvgIpc) is 2.58. The maximum absolute atomic E-state index is 4.41. The second-order valence-electron chi connectivity index (χ2n) is 4.82. The van der Waals surface area contributed by atoms with Crippen molar-refractivity contribution in [1.82, 2.24) is 10.3 Å². The summed E-state index contributed by atoms with van der Waals surface area (Å²) in [4.78, 5) is 6.43. The summed E-state index contributed by atoms with van der Waals surface area (Å²) >= 11 is 0. The van der Waals surface area contributed by atoms with E-state index in [2.05, 4.69) is 27.8 Å². The highest BCUT2D eigenvalue weighted by molar-refractivity contribution is 5.48. The standard InChI is InChI=1S/C13H22N4/c1-17(2)13-6-5-12(10-15-13)16-11-4-3-8-14-9-7-11/h5-6,10-11,14,16H,3-4,7-9H2,1-2H3/t11-/m0/s1. The van der Waals surface area contributed by atoms with Gasteiger partial charge in [0.25, 0.3) is 0 Å². The Kier molecular flexibility index (Phi) is 4.20. The van der Waals surface area contributed by atoms with Gasteiger partial charge in [0, 0.05) is 20.1 Å². The van der Waals surface area contributed by atoms with E-state index in [1.807, 2.05) is 25.2 Å². The Labute approximate surface area is 103 Å². The van der Waals surface area contributed by atoms with Gasteiger partial charge in [0.1, 0.15) is 5.82 Å². The first-order valence-electron chi connectivity index (χ1n) is 6.36. The highest BCUT2D eigenvalue weighted by Crippen LogP contribution is 2.16. The quantitative estimate of drug-likeness (QED) is 0.835. The molecule has 4 nitrogen and oxygen atoms in total. The van der Waals surface area contributed by atoms with Gasteiger partial charge in [0.15, 0.2) is 0 Å². The Morgan fingerprint density at radius 2 is 2.18 bits per heavy atom. The third kappa shape index (κ3) is 3.60. The molecule has 17 heavy (non-hydrogen) atoms. The molecule has 2 N–H and O–H groups in total. The maximum Gasteiger partial charge on any atom is 0.128 e. The molecule has 0 saturated carbocycles. The number of anilines is 2. The third-order valence-electron chi connectivity index (χ3n) is 3.15. The van der Waals surface area contributed by atoms with Gasteiger partial charge in [0.2, 0.25) is 0 Å². The molecule has 0 radical (unpaired) electrons. The van der Waals surface area contributed by atoms with Gasteiger partial charge in [-0.25, -0.2) is 4.98 Å². The van der Waals surface area contributed by atoms with E-state index in [0.717, 1.165) is 24.6 Å². The van der Waals surface area contributed by atoms with Crippen molar-refractivity contribution in [3.8, 4) is 0 Å². The first-order chi connectivity index (χ1) is 8.25. The fourth-order valence-corrected chi connectivity index (χ4v) is 2.14. The Balaban J connectivity index is 1.93. The summed E-state index contributed by atoms with van der Waals surface area (Å²) in [5, 5.41) is 6.99. The van der Waals surface area contributed by atoms with Crippen LogP contribution >= 0.6 is 0 Å². The van der Waals surface area contributed by atoms with Gasteiger partial charge >= 0.3 is 0 Å². The molecule has 1 aliphatic heterocycles. The Bertz CT molecular complexity index is 326. The van der Waals surface area contributed by atoms with Gasteiger partial charge in [-0.15, -0.1) is 0 Å². The first kappa shape index (κ1) is 12.2. The zero-order valence-corrected chi connectivity index (χ0v) is 10.7. The van der Waals surface area contributed by atoms with Crippen molar-refractivity contribution >= 4 is 11.5 Å². The molecule has 1 fully saturated rings. The zero-order valence-electron chi connectivity index (χ0n) is 10.7. The molecule has 0 amide bonds. The van der Waals surface area contributed by atoms with Crippen LogP contribution in [-0.4, -0.2) is 38.2 Å². The highest BCUT2D eigenvalue weighted by atomic mass is 15.1. The molecule has 0 aromatic carbocycles. The van der Waals surface area contributed by atoms with Gasteiger partial charge in [-0.1, -0.05) is 0 Å². The lowest BCUT2D eigenvalue weighted by molar-refractivity contribution is 0.637. The lowest BCUT2D eigenvalue weighted by Gasteiger charge is -2.18. The molecular weight excluding hydrogens is 212 g/mol. The number of aromatic nitrogens is 1. The molecule has 0 spiro atoms. The molecule has 4 heteroatoms. The SMILES string of the molecule is CN(C)c1ccc(N[C@H]2CCCNCC2)cn1. The number of hydrogen-bond acceptors (Lipinski definition) is 4.